The maximum atomic E-state index is 8.99. The van der Waals surface area contributed by atoms with Crippen molar-refractivity contribution in [3.63, 3.8) is 0 Å². The molecule has 1 aliphatic carbocycles. The standard InChI is InChI=1S/C25H20N6/c26-15-14-17-8-10-19(11-9-17)31-24(20-7-4-16-28-23(20)27)30-22-13-12-21(29-25(22)31)18-5-2-1-3-6-18/h2,4-13,16H,1,3,14H2,(H2,27,28). The van der Waals surface area contributed by atoms with Gasteiger partial charge in [0.2, 0.25) is 0 Å². The summed E-state index contributed by atoms with van der Waals surface area (Å²) in [4.78, 5) is 14.1. The average molecular weight is 404 g/mol. The van der Waals surface area contributed by atoms with Gasteiger partial charge in [-0.2, -0.15) is 5.26 Å². The molecule has 0 unspecified atom stereocenters. The number of nitrogen functional groups attached to an aromatic ring is 1. The van der Waals surface area contributed by atoms with E-state index in [1.807, 2.05) is 53.1 Å². The summed E-state index contributed by atoms with van der Waals surface area (Å²) in [6, 6.07) is 17.8. The number of benzene rings is 1. The Morgan fingerprint density at radius 2 is 1.90 bits per heavy atom. The van der Waals surface area contributed by atoms with Crippen molar-refractivity contribution in [2.24, 2.45) is 0 Å². The Labute approximate surface area is 180 Å². The second kappa shape index (κ2) is 7.88. The number of hydrogen-bond donors (Lipinski definition) is 1. The molecular formula is C25H20N6. The van der Waals surface area contributed by atoms with Gasteiger partial charge in [0, 0.05) is 11.9 Å². The van der Waals surface area contributed by atoms with Crippen LogP contribution in [0.5, 0.6) is 0 Å². The molecule has 31 heavy (non-hydrogen) atoms. The number of hydrogen-bond acceptors (Lipinski definition) is 5. The van der Waals surface area contributed by atoms with Gasteiger partial charge in [-0.3, -0.25) is 4.57 Å². The van der Waals surface area contributed by atoms with E-state index in [1.54, 1.807) is 6.20 Å². The molecule has 0 spiro atoms. The number of rotatable bonds is 4. The van der Waals surface area contributed by atoms with Crippen LogP contribution < -0.4 is 5.73 Å². The summed E-state index contributed by atoms with van der Waals surface area (Å²) in [5.74, 6) is 1.10. The number of pyridine rings is 2. The fourth-order valence-corrected chi connectivity index (χ4v) is 3.81. The van der Waals surface area contributed by atoms with Gasteiger partial charge >= 0.3 is 0 Å². The predicted molar refractivity (Wildman–Crippen MR) is 122 cm³/mol. The minimum Gasteiger partial charge on any atom is -0.383 e. The van der Waals surface area contributed by atoms with Gasteiger partial charge in [-0.05, 0) is 60.4 Å². The van der Waals surface area contributed by atoms with E-state index in [9.17, 15) is 0 Å². The summed E-state index contributed by atoms with van der Waals surface area (Å²) in [6.45, 7) is 0. The lowest BCUT2D eigenvalue weighted by molar-refractivity contribution is 1.03. The Morgan fingerprint density at radius 3 is 2.65 bits per heavy atom. The maximum Gasteiger partial charge on any atom is 0.165 e. The third-order valence-corrected chi connectivity index (χ3v) is 5.35. The van der Waals surface area contributed by atoms with Crippen LogP contribution in [0.4, 0.5) is 5.82 Å². The number of imidazole rings is 1. The van der Waals surface area contributed by atoms with E-state index in [2.05, 4.69) is 29.3 Å². The lowest BCUT2D eigenvalue weighted by atomic mass is 10.0. The van der Waals surface area contributed by atoms with Crippen LogP contribution in [0.1, 0.15) is 24.1 Å². The molecule has 0 saturated carbocycles. The first-order chi connectivity index (χ1) is 15.2. The molecule has 6 nitrogen and oxygen atoms in total. The van der Waals surface area contributed by atoms with E-state index < -0.39 is 0 Å². The lowest BCUT2D eigenvalue weighted by Gasteiger charge is -2.11. The van der Waals surface area contributed by atoms with Crippen LogP contribution >= 0.6 is 0 Å². The molecule has 3 aromatic heterocycles. The minimum absolute atomic E-state index is 0.371. The first kappa shape index (κ1) is 18.8. The summed E-state index contributed by atoms with van der Waals surface area (Å²) in [6.07, 6.45) is 10.6. The number of aromatic nitrogens is 4. The Balaban J connectivity index is 1.75. The molecule has 6 heteroatoms. The van der Waals surface area contributed by atoms with Gasteiger partial charge in [0.25, 0.3) is 0 Å². The van der Waals surface area contributed by atoms with Crippen LogP contribution in [0.25, 0.3) is 33.8 Å². The SMILES string of the molecule is N#CCc1ccc(-n2c(-c3cccnc3N)nc3ccc(C4=CCCC=C4)nc32)cc1. The highest BCUT2D eigenvalue weighted by Crippen LogP contribution is 2.31. The van der Waals surface area contributed by atoms with E-state index in [0.29, 0.717) is 18.1 Å². The van der Waals surface area contributed by atoms with Gasteiger partial charge in [-0.25, -0.2) is 15.0 Å². The summed E-state index contributed by atoms with van der Waals surface area (Å²) in [5, 5.41) is 8.99. The largest absolute Gasteiger partial charge is 0.383 e. The topological polar surface area (TPSA) is 93.4 Å². The second-order valence-corrected chi connectivity index (χ2v) is 7.39. The average Bonchev–Trinajstić information content (AvgIpc) is 3.19. The van der Waals surface area contributed by atoms with Crippen LogP contribution in [-0.2, 0) is 6.42 Å². The number of nitrogens with two attached hydrogens (primary N) is 1. The van der Waals surface area contributed by atoms with Crippen molar-refractivity contribution >= 4 is 22.6 Å². The molecule has 0 fully saturated rings. The normalized spacial score (nSPS) is 13.2. The van der Waals surface area contributed by atoms with Crippen molar-refractivity contribution in [3.8, 4) is 23.1 Å². The van der Waals surface area contributed by atoms with Crippen LogP contribution in [0.15, 0.2) is 73.0 Å². The Hall–Kier alpha value is -4.24. The van der Waals surface area contributed by atoms with Crippen molar-refractivity contribution in [1.29, 1.82) is 5.26 Å². The van der Waals surface area contributed by atoms with Gasteiger partial charge in [-0.1, -0.05) is 30.4 Å². The Morgan fingerprint density at radius 1 is 1.03 bits per heavy atom. The molecule has 150 valence electrons. The summed E-state index contributed by atoms with van der Waals surface area (Å²) >= 11 is 0. The smallest absolute Gasteiger partial charge is 0.165 e. The van der Waals surface area contributed by atoms with Crippen molar-refractivity contribution in [2.45, 2.75) is 19.3 Å². The summed E-state index contributed by atoms with van der Waals surface area (Å²) in [7, 11) is 0. The molecular weight excluding hydrogens is 384 g/mol. The van der Waals surface area contributed by atoms with Gasteiger partial charge in [0.05, 0.1) is 23.7 Å². The number of nitrogens with zero attached hydrogens (tertiary/aromatic N) is 5. The molecule has 3 heterocycles. The van der Waals surface area contributed by atoms with E-state index in [1.165, 1.54) is 0 Å². The molecule has 2 N–H and O–H groups in total. The first-order valence-corrected chi connectivity index (χ1v) is 10.2. The monoisotopic (exact) mass is 404 g/mol. The predicted octanol–water partition coefficient (Wildman–Crippen LogP) is 4.86. The van der Waals surface area contributed by atoms with E-state index in [4.69, 9.17) is 21.0 Å². The molecule has 5 rings (SSSR count). The number of fused-ring (bicyclic) bond motifs is 1. The molecule has 0 aliphatic heterocycles. The molecule has 0 atom stereocenters. The number of allylic oxidation sites excluding steroid dienone is 4. The zero-order valence-corrected chi connectivity index (χ0v) is 16.9. The molecule has 1 aromatic carbocycles. The lowest BCUT2D eigenvalue weighted by Crippen LogP contribution is -2.02. The van der Waals surface area contributed by atoms with Crippen molar-refractivity contribution in [1.82, 2.24) is 19.5 Å². The van der Waals surface area contributed by atoms with E-state index >= 15 is 0 Å². The van der Waals surface area contributed by atoms with Crippen molar-refractivity contribution in [3.05, 3.63) is 84.2 Å². The quantitative estimate of drug-likeness (QED) is 0.524. The number of anilines is 1. The first-order valence-electron chi connectivity index (χ1n) is 10.2. The minimum atomic E-state index is 0.371. The van der Waals surface area contributed by atoms with Crippen molar-refractivity contribution in [2.75, 3.05) is 5.73 Å². The van der Waals surface area contributed by atoms with E-state index in [0.717, 1.165) is 52.1 Å². The highest BCUT2D eigenvalue weighted by atomic mass is 15.1. The Bertz CT molecular complexity index is 1370. The van der Waals surface area contributed by atoms with Gasteiger partial charge < -0.3 is 5.73 Å². The number of nitriles is 1. The van der Waals surface area contributed by atoms with Gasteiger partial charge in [0.15, 0.2) is 11.5 Å². The highest BCUT2D eigenvalue weighted by Gasteiger charge is 2.19. The maximum absolute atomic E-state index is 8.99. The van der Waals surface area contributed by atoms with Crippen LogP contribution in [0.2, 0.25) is 0 Å². The Kier molecular flexibility index (Phi) is 4.77. The van der Waals surface area contributed by atoms with Crippen LogP contribution in [-0.4, -0.2) is 19.5 Å². The molecule has 0 bridgehead atoms. The fraction of sp³-hybridized carbons (Fsp3) is 0.120. The zero-order chi connectivity index (χ0) is 21.2. The molecule has 0 radical (unpaired) electrons. The molecule has 0 amide bonds. The highest BCUT2D eigenvalue weighted by molar-refractivity contribution is 5.85. The van der Waals surface area contributed by atoms with Gasteiger partial charge in [0.1, 0.15) is 11.3 Å². The van der Waals surface area contributed by atoms with Crippen molar-refractivity contribution < 1.29 is 0 Å². The third kappa shape index (κ3) is 3.47. The van der Waals surface area contributed by atoms with E-state index in [-0.39, 0.29) is 0 Å². The van der Waals surface area contributed by atoms with Crippen LogP contribution in [0.3, 0.4) is 0 Å². The zero-order valence-electron chi connectivity index (χ0n) is 16.9. The fourth-order valence-electron chi connectivity index (χ4n) is 3.81. The second-order valence-electron chi connectivity index (χ2n) is 7.39. The van der Waals surface area contributed by atoms with Gasteiger partial charge in [-0.15, -0.1) is 0 Å². The molecule has 4 aromatic rings. The van der Waals surface area contributed by atoms with Crippen LogP contribution in [0, 0.1) is 11.3 Å². The third-order valence-electron chi connectivity index (χ3n) is 5.35. The summed E-state index contributed by atoms with van der Waals surface area (Å²) in [5.41, 5.74) is 12.4. The molecule has 1 aliphatic rings. The summed E-state index contributed by atoms with van der Waals surface area (Å²) < 4.78 is 2.01. The molecule has 0 saturated heterocycles.